The predicted molar refractivity (Wildman–Crippen MR) is 80.7 cm³/mol. The van der Waals surface area contributed by atoms with Crippen molar-refractivity contribution < 1.29 is 19.1 Å². The van der Waals surface area contributed by atoms with E-state index >= 15 is 0 Å². The number of amidine groups is 1. The van der Waals surface area contributed by atoms with Gasteiger partial charge in [-0.25, -0.2) is 0 Å². The number of esters is 1. The first-order chi connectivity index (χ1) is 9.72. The van der Waals surface area contributed by atoms with Gasteiger partial charge in [0, 0.05) is 13.8 Å². The van der Waals surface area contributed by atoms with E-state index in [1.165, 1.54) is 13.8 Å². The molecule has 0 bridgehead atoms. The molecule has 1 saturated heterocycles. The largest absolute Gasteiger partial charge is 0.463 e. The average molecular weight is 317 g/mol. The van der Waals surface area contributed by atoms with Crippen LogP contribution in [0.2, 0.25) is 0 Å². The van der Waals surface area contributed by atoms with E-state index < -0.39 is 5.44 Å². The molecular weight excluding hydrogens is 294 g/mol. The molecule has 0 radical (unpaired) electrons. The lowest BCUT2D eigenvalue weighted by Gasteiger charge is -2.44. The predicted octanol–water partition coefficient (Wildman–Crippen LogP) is 0.678. The van der Waals surface area contributed by atoms with E-state index in [1.807, 2.05) is 13.8 Å². The van der Waals surface area contributed by atoms with Crippen molar-refractivity contribution in [3.8, 4) is 0 Å². The van der Waals surface area contributed by atoms with Crippen molar-refractivity contribution in [3.05, 3.63) is 0 Å². The first-order valence-electron chi connectivity index (χ1n) is 6.79. The zero-order valence-corrected chi connectivity index (χ0v) is 13.5. The maximum atomic E-state index is 11.4. The van der Waals surface area contributed by atoms with Gasteiger partial charge in [-0.15, -0.1) is 0 Å². The third-order valence-electron chi connectivity index (χ3n) is 3.65. The summed E-state index contributed by atoms with van der Waals surface area (Å²) in [4.78, 5) is 22.3. The lowest BCUT2D eigenvalue weighted by molar-refractivity contribution is -0.154. The Labute approximate surface area is 128 Å². The number of thioether (sulfide) groups is 1. The Morgan fingerprint density at radius 3 is 2.43 bits per heavy atom. The van der Waals surface area contributed by atoms with Gasteiger partial charge in [-0.3, -0.25) is 15.0 Å². The van der Waals surface area contributed by atoms with Crippen LogP contribution in [-0.2, 0) is 19.1 Å². The Balaban J connectivity index is 2.84. The van der Waals surface area contributed by atoms with Gasteiger partial charge in [0.05, 0.1) is 12.1 Å². The lowest BCUT2D eigenvalue weighted by atomic mass is 9.83. The zero-order chi connectivity index (χ0) is 16.2. The van der Waals surface area contributed by atoms with Crippen LogP contribution in [0.4, 0.5) is 0 Å². The molecule has 4 N–H and O–H groups in total. The maximum absolute atomic E-state index is 11.4. The lowest BCUT2D eigenvalue weighted by Crippen LogP contribution is -2.56. The quantitative estimate of drug-likeness (QED) is 0.399. The summed E-state index contributed by atoms with van der Waals surface area (Å²) in [6.45, 7) is 6.93. The van der Waals surface area contributed by atoms with E-state index in [9.17, 15) is 9.59 Å². The van der Waals surface area contributed by atoms with Gasteiger partial charge in [0.2, 0.25) is 5.91 Å². The standard InChI is InChI=1S/C13H23N3O4S/c1-6-7(2)11(16-8(3)17)12(21-13(14)15)20-10(6)5-19-9(4)18/h6-7,10-12H,5H2,1-4H3,(H3,14,15)(H,16,17). The van der Waals surface area contributed by atoms with Gasteiger partial charge < -0.3 is 20.5 Å². The van der Waals surface area contributed by atoms with Gasteiger partial charge in [-0.1, -0.05) is 25.6 Å². The van der Waals surface area contributed by atoms with E-state index in [1.54, 1.807) is 0 Å². The van der Waals surface area contributed by atoms with Crippen molar-refractivity contribution in [1.82, 2.24) is 5.32 Å². The molecule has 0 aromatic heterocycles. The summed E-state index contributed by atoms with van der Waals surface area (Å²) in [5.41, 5.74) is 4.96. The molecule has 0 aliphatic carbocycles. The second kappa shape index (κ2) is 7.65. The molecule has 21 heavy (non-hydrogen) atoms. The SMILES string of the molecule is CC(=O)NC1C(SC(=N)N)OC(COC(C)=O)C(C)C1C. The maximum Gasteiger partial charge on any atom is 0.302 e. The highest BCUT2D eigenvalue weighted by Crippen LogP contribution is 2.35. The number of nitrogens with two attached hydrogens (primary N) is 1. The fraction of sp³-hybridized carbons (Fsp3) is 0.769. The van der Waals surface area contributed by atoms with Crippen molar-refractivity contribution in [2.24, 2.45) is 17.6 Å². The fourth-order valence-electron chi connectivity index (χ4n) is 2.35. The average Bonchev–Trinajstić information content (AvgIpc) is 2.35. The van der Waals surface area contributed by atoms with Crippen LogP contribution in [0, 0.1) is 17.2 Å². The Kier molecular flexibility index (Phi) is 6.47. The van der Waals surface area contributed by atoms with Crippen LogP contribution in [0.3, 0.4) is 0 Å². The van der Waals surface area contributed by atoms with Crippen LogP contribution in [0.5, 0.6) is 0 Å². The highest BCUT2D eigenvalue weighted by atomic mass is 32.2. The Morgan fingerprint density at radius 2 is 1.95 bits per heavy atom. The van der Waals surface area contributed by atoms with Gasteiger partial charge in [0.15, 0.2) is 5.17 Å². The molecule has 8 heteroatoms. The molecule has 1 aliphatic rings. The first-order valence-corrected chi connectivity index (χ1v) is 7.67. The third-order valence-corrected chi connectivity index (χ3v) is 4.54. The van der Waals surface area contributed by atoms with Crippen LogP contribution >= 0.6 is 11.8 Å². The van der Waals surface area contributed by atoms with Gasteiger partial charge in [0.25, 0.3) is 0 Å². The summed E-state index contributed by atoms with van der Waals surface area (Å²) in [6.07, 6.45) is -0.286. The van der Waals surface area contributed by atoms with E-state index in [0.717, 1.165) is 11.8 Å². The smallest absolute Gasteiger partial charge is 0.302 e. The highest BCUT2D eigenvalue weighted by Gasteiger charge is 2.42. The zero-order valence-electron chi connectivity index (χ0n) is 12.7. The minimum atomic E-state index is -0.474. The molecule has 1 fully saturated rings. The second-order valence-corrected chi connectivity index (χ2v) is 6.41. The van der Waals surface area contributed by atoms with E-state index in [0.29, 0.717) is 0 Å². The summed E-state index contributed by atoms with van der Waals surface area (Å²) in [5.74, 6) is -0.335. The van der Waals surface area contributed by atoms with Crippen molar-refractivity contribution in [2.45, 2.75) is 45.3 Å². The van der Waals surface area contributed by atoms with Crippen molar-refractivity contribution in [3.63, 3.8) is 0 Å². The molecule has 1 amide bonds. The molecule has 0 saturated carbocycles. The van der Waals surface area contributed by atoms with Crippen molar-refractivity contribution in [2.75, 3.05) is 6.61 Å². The topological polar surface area (TPSA) is 114 Å². The second-order valence-electron chi connectivity index (χ2n) is 5.27. The molecular formula is C13H23N3O4S. The van der Waals surface area contributed by atoms with Crippen LogP contribution in [0.25, 0.3) is 0 Å². The number of nitrogens with one attached hydrogen (secondary N) is 2. The van der Waals surface area contributed by atoms with Gasteiger partial charge >= 0.3 is 5.97 Å². The summed E-state index contributed by atoms with van der Waals surface area (Å²) in [5, 5.41) is 10.2. The molecule has 1 aliphatic heterocycles. The van der Waals surface area contributed by atoms with E-state index in [-0.39, 0.29) is 47.6 Å². The summed E-state index contributed by atoms with van der Waals surface area (Å²) in [7, 11) is 0. The summed E-state index contributed by atoms with van der Waals surface area (Å²) in [6, 6.07) is -0.250. The summed E-state index contributed by atoms with van der Waals surface area (Å²) < 4.78 is 10.9. The number of carbonyl (C=O) groups is 2. The molecule has 120 valence electrons. The van der Waals surface area contributed by atoms with Crippen LogP contribution in [0.15, 0.2) is 0 Å². The Morgan fingerprint density at radius 1 is 1.33 bits per heavy atom. The number of rotatable bonds is 4. The van der Waals surface area contributed by atoms with Crippen LogP contribution in [0.1, 0.15) is 27.7 Å². The highest BCUT2D eigenvalue weighted by molar-refractivity contribution is 8.14. The normalized spacial score (nSPS) is 32.3. The first kappa shape index (κ1) is 17.8. The Bertz CT molecular complexity index is 416. The number of hydrogen-bond donors (Lipinski definition) is 3. The van der Waals surface area contributed by atoms with Gasteiger partial charge in [-0.05, 0) is 11.8 Å². The molecule has 7 nitrogen and oxygen atoms in total. The van der Waals surface area contributed by atoms with Crippen LogP contribution in [-0.4, -0.2) is 41.2 Å². The van der Waals surface area contributed by atoms with Crippen molar-refractivity contribution >= 4 is 28.8 Å². The van der Waals surface area contributed by atoms with Gasteiger partial charge in [0.1, 0.15) is 12.0 Å². The molecule has 0 spiro atoms. The van der Waals surface area contributed by atoms with E-state index in [4.69, 9.17) is 20.6 Å². The molecule has 5 unspecified atom stereocenters. The summed E-state index contributed by atoms with van der Waals surface area (Å²) >= 11 is 1.05. The number of amides is 1. The molecule has 0 aromatic carbocycles. The molecule has 0 aromatic rings. The number of carbonyl (C=O) groups excluding carboxylic acids is 2. The van der Waals surface area contributed by atoms with Gasteiger partial charge in [-0.2, -0.15) is 0 Å². The fourth-order valence-corrected chi connectivity index (χ4v) is 3.26. The number of ether oxygens (including phenoxy) is 2. The number of hydrogen-bond acceptors (Lipinski definition) is 6. The third kappa shape index (κ3) is 5.20. The van der Waals surface area contributed by atoms with Crippen LogP contribution < -0.4 is 11.1 Å². The molecule has 1 rings (SSSR count). The molecule has 1 heterocycles. The Hall–Kier alpha value is -1.28. The molecule has 5 atom stereocenters. The van der Waals surface area contributed by atoms with E-state index in [2.05, 4.69) is 5.32 Å². The van der Waals surface area contributed by atoms with Crippen molar-refractivity contribution in [1.29, 1.82) is 5.41 Å². The minimum Gasteiger partial charge on any atom is -0.463 e. The minimum absolute atomic E-state index is 0.0802. The monoisotopic (exact) mass is 317 g/mol.